The highest BCUT2D eigenvalue weighted by atomic mass is 16.3. The number of aliphatic imine (C=N–C) groups is 2. The van der Waals surface area contributed by atoms with Gasteiger partial charge in [-0.15, -0.1) is 0 Å². The Morgan fingerprint density at radius 1 is 0.683 bits per heavy atom. The van der Waals surface area contributed by atoms with Crippen LogP contribution >= 0.6 is 0 Å². The minimum Gasteiger partial charge on any atom is -0.507 e. The Balaban J connectivity index is 2.37. The van der Waals surface area contributed by atoms with Crippen LogP contribution in [0, 0.1) is 6.92 Å². The van der Waals surface area contributed by atoms with E-state index in [-0.39, 0.29) is 16.2 Å². The molecule has 2 aromatic rings. The van der Waals surface area contributed by atoms with Gasteiger partial charge in [0, 0.05) is 29.1 Å². The lowest BCUT2D eigenvalue weighted by Crippen LogP contribution is -2.23. The lowest BCUT2D eigenvalue weighted by atomic mass is 9.73. The van der Waals surface area contributed by atoms with Gasteiger partial charge < -0.3 is 10.2 Å². The second kappa shape index (κ2) is 13.6. The molecule has 4 heteroatoms. The van der Waals surface area contributed by atoms with Crippen LogP contribution in [0.5, 0.6) is 11.5 Å². The molecule has 0 aliphatic rings. The smallest absolute Gasteiger partial charge is 0.128 e. The fraction of sp³-hybridized carbons (Fsp3) is 0.622. The van der Waals surface area contributed by atoms with Crippen molar-refractivity contribution < 1.29 is 10.2 Å². The number of hydrogen-bond acceptors (Lipinski definition) is 4. The van der Waals surface area contributed by atoms with Gasteiger partial charge >= 0.3 is 0 Å². The van der Waals surface area contributed by atoms with E-state index < -0.39 is 5.54 Å². The van der Waals surface area contributed by atoms with Crippen molar-refractivity contribution in [1.29, 1.82) is 0 Å². The molecule has 0 atom stereocenters. The molecule has 41 heavy (non-hydrogen) atoms. The van der Waals surface area contributed by atoms with E-state index in [1.165, 1.54) is 36.8 Å². The third-order valence-corrected chi connectivity index (χ3v) is 8.27. The number of hydrogen-bond donors (Lipinski definition) is 2. The molecule has 0 saturated carbocycles. The summed E-state index contributed by atoms with van der Waals surface area (Å²) in [4.78, 5) is 9.62. The van der Waals surface area contributed by atoms with Gasteiger partial charge in [-0.1, -0.05) is 100 Å². The molecule has 0 spiro atoms. The van der Waals surface area contributed by atoms with Crippen LogP contribution in [0.15, 0.2) is 34.3 Å². The zero-order chi connectivity index (χ0) is 31.2. The summed E-state index contributed by atoms with van der Waals surface area (Å²) >= 11 is 0. The van der Waals surface area contributed by atoms with E-state index in [2.05, 4.69) is 80.5 Å². The maximum Gasteiger partial charge on any atom is 0.128 e. The Bertz CT molecular complexity index is 1210. The molecular formula is C37H58N2O2. The maximum absolute atomic E-state index is 11.1. The molecule has 2 rings (SSSR count). The standard InChI is InChI=1S/C37H58N2O2/c1-13-15-17-37(12,18-16-14-2)30-19-26(3)32(40)28(21-30)24-39-36(10,11)25-38-23-27-20-29(34(4,5)6)22-31(33(27)41)35(7,8)9/h19-24,40-41H,13-18,25H2,1-12H3. The van der Waals surface area contributed by atoms with Crippen LogP contribution in [0.3, 0.4) is 0 Å². The summed E-state index contributed by atoms with van der Waals surface area (Å²) in [6.07, 6.45) is 10.6. The van der Waals surface area contributed by atoms with Gasteiger partial charge in [-0.25, -0.2) is 0 Å². The summed E-state index contributed by atoms with van der Waals surface area (Å²) < 4.78 is 0. The minimum atomic E-state index is -0.481. The predicted octanol–water partition coefficient (Wildman–Crippen LogP) is 9.96. The van der Waals surface area contributed by atoms with Crippen molar-refractivity contribution in [1.82, 2.24) is 0 Å². The molecule has 2 aromatic carbocycles. The number of nitrogens with zero attached hydrogens (tertiary/aromatic N) is 2. The van der Waals surface area contributed by atoms with E-state index in [4.69, 9.17) is 9.98 Å². The molecular weight excluding hydrogens is 504 g/mol. The highest BCUT2D eigenvalue weighted by Crippen LogP contribution is 2.39. The summed E-state index contributed by atoms with van der Waals surface area (Å²) in [6.45, 7) is 26.3. The lowest BCUT2D eigenvalue weighted by molar-refractivity contribution is 0.373. The normalized spacial score (nSPS) is 13.6. The van der Waals surface area contributed by atoms with E-state index in [1.54, 1.807) is 6.21 Å². The van der Waals surface area contributed by atoms with Gasteiger partial charge in [0.1, 0.15) is 11.5 Å². The quantitative estimate of drug-likeness (QED) is 0.253. The molecule has 0 saturated heterocycles. The molecule has 228 valence electrons. The van der Waals surface area contributed by atoms with Crippen LogP contribution < -0.4 is 0 Å². The fourth-order valence-corrected chi connectivity index (χ4v) is 5.21. The van der Waals surface area contributed by atoms with Crippen molar-refractivity contribution in [2.45, 2.75) is 143 Å². The fourth-order valence-electron chi connectivity index (χ4n) is 5.21. The first-order chi connectivity index (χ1) is 18.8. The molecule has 0 bridgehead atoms. The highest BCUT2D eigenvalue weighted by Gasteiger charge is 2.27. The zero-order valence-electron chi connectivity index (χ0n) is 28.2. The van der Waals surface area contributed by atoms with E-state index in [1.807, 2.05) is 33.1 Å². The number of phenols is 2. The summed E-state index contributed by atoms with van der Waals surface area (Å²) in [7, 11) is 0. The SMILES string of the molecule is CCCCC(C)(CCCC)c1cc(C)c(O)c(C=NC(C)(C)CN=Cc2cc(C(C)(C)C)cc(C(C)(C)C)c2O)c1. The molecule has 0 unspecified atom stereocenters. The van der Waals surface area contributed by atoms with Crippen molar-refractivity contribution in [3.63, 3.8) is 0 Å². The Morgan fingerprint density at radius 2 is 1.22 bits per heavy atom. The van der Waals surface area contributed by atoms with E-state index >= 15 is 0 Å². The Hall–Kier alpha value is -2.62. The molecule has 4 nitrogen and oxygen atoms in total. The van der Waals surface area contributed by atoms with Crippen molar-refractivity contribution in [2.75, 3.05) is 6.54 Å². The topological polar surface area (TPSA) is 65.2 Å². The second-order valence-corrected chi connectivity index (χ2v) is 15.0. The van der Waals surface area contributed by atoms with E-state index in [0.29, 0.717) is 18.0 Å². The first-order valence-corrected chi connectivity index (χ1v) is 15.6. The van der Waals surface area contributed by atoms with Gasteiger partial charge in [0.15, 0.2) is 0 Å². The summed E-state index contributed by atoms with van der Waals surface area (Å²) in [5.41, 5.74) is 5.16. The van der Waals surface area contributed by atoms with Crippen LogP contribution in [0.4, 0.5) is 0 Å². The van der Waals surface area contributed by atoms with Gasteiger partial charge in [-0.05, 0) is 78.7 Å². The van der Waals surface area contributed by atoms with Gasteiger partial charge in [0.05, 0.1) is 12.1 Å². The van der Waals surface area contributed by atoms with Crippen LogP contribution in [0.1, 0.15) is 148 Å². The number of benzene rings is 2. The van der Waals surface area contributed by atoms with E-state index in [9.17, 15) is 10.2 Å². The summed E-state index contributed by atoms with van der Waals surface area (Å²) in [5, 5.41) is 22.0. The van der Waals surface area contributed by atoms with Crippen LogP contribution in [-0.4, -0.2) is 34.7 Å². The Morgan fingerprint density at radius 3 is 1.73 bits per heavy atom. The van der Waals surface area contributed by atoms with Crippen LogP contribution in [0.25, 0.3) is 0 Å². The lowest BCUT2D eigenvalue weighted by Gasteiger charge is -2.31. The van der Waals surface area contributed by atoms with Gasteiger partial charge in [-0.2, -0.15) is 0 Å². The average molecular weight is 563 g/mol. The first kappa shape index (κ1) is 34.6. The molecule has 0 aliphatic heterocycles. The van der Waals surface area contributed by atoms with Gasteiger partial charge in [-0.3, -0.25) is 9.98 Å². The first-order valence-electron chi connectivity index (χ1n) is 15.6. The minimum absolute atomic E-state index is 0.0440. The van der Waals surface area contributed by atoms with Crippen LogP contribution in [0.2, 0.25) is 0 Å². The number of rotatable bonds is 12. The molecule has 0 radical (unpaired) electrons. The van der Waals surface area contributed by atoms with Crippen molar-refractivity contribution in [2.24, 2.45) is 9.98 Å². The zero-order valence-corrected chi connectivity index (χ0v) is 28.2. The molecule has 0 heterocycles. The van der Waals surface area contributed by atoms with Crippen LogP contribution in [-0.2, 0) is 16.2 Å². The Labute approximate surface area is 251 Å². The summed E-state index contributed by atoms with van der Waals surface area (Å²) in [5.74, 6) is 0.589. The van der Waals surface area contributed by atoms with Crippen molar-refractivity contribution in [3.8, 4) is 11.5 Å². The predicted molar refractivity (Wildman–Crippen MR) is 179 cm³/mol. The largest absolute Gasteiger partial charge is 0.507 e. The van der Waals surface area contributed by atoms with Crippen molar-refractivity contribution >= 4 is 12.4 Å². The van der Waals surface area contributed by atoms with E-state index in [0.717, 1.165) is 35.1 Å². The number of aryl methyl sites for hydroxylation is 1. The molecule has 0 aliphatic carbocycles. The summed E-state index contributed by atoms with van der Waals surface area (Å²) in [6, 6.07) is 8.47. The molecule has 2 N–H and O–H groups in total. The number of unbranched alkanes of at least 4 members (excludes halogenated alkanes) is 2. The number of aromatic hydroxyl groups is 2. The van der Waals surface area contributed by atoms with Crippen molar-refractivity contribution in [3.05, 3.63) is 57.6 Å². The molecule has 0 aromatic heterocycles. The Kier molecular flexibility index (Phi) is 11.4. The third-order valence-electron chi connectivity index (χ3n) is 8.27. The number of phenolic OH excluding ortho intramolecular Hbond substituents is 2. The molecule has 0 fully saturated rings. The maximum atomic E-state index is 11.1. The monoisotopic (exact) mass is 562 g/mol. The second-order valence-electron chi connectivity index (χ2n) is 15.0. The van der Waals surface area contributed by atoms with Gasteiger partial charge in [0.2, 0.25) is 0 Å². The van der Waals surface area contributed by atoms with Gasteiger partial charge in [0.25, 0.3) is 0 Å². The highest BCUT2D eigenvalue weighted by molar-refractivity contribution is 5.86. The third kappa shape index (κ3) is 9.45. The molecule has 0 amide bonds. The average Bonchev–Trinajstić information content (AvgIpc) is 2.86.